The molecule has 0 spiro atoms. The minimum absolute atomic E-state index is 0.192. The molecule has 3 aromatic rings. The van der Waals surface area contributed by atoms with Gasteiger partial charge in [0.25, 0.3) is 5.91 Å². The van der Waals surface area contributed by atoms with E-state index in [0.717, 1.165) is 11.6 Å². The van der Waals surface area contributed by atoms with Crippen molar-refractivity contribution in [3.63, 3.8) is 0 Å². The monoisotopic (exact) mass is 438 g/mol. The predicted octanol–water partition coefficient (Wildman–Crippen LogP) is 5.43. The molecular weight excluding hydrogens is 417 g/mol. The summed E-state index contributed by atoms with van der Waals surface area (Å²) in [6, 6.07) is 18.0. The SMILES string of the molecule is O=C(Nc1ccccc1)c1ccc(N2CCC(=Cc3ccccc3C(F)(F)F)CC2)nn1. The molecule has 0 aliphatic carbocycles. The number of anilines is 2. The summed E-state index contributed by atoms with van der Waals surface area (Å²) in [5.41, 5.74) is 1.41. The molecule has 2 aromatic carbocycles. The van der Waals surface area contributed by atoms with E-state index in [1.165, 1.54) is 12.1 Å². The first kappa shape index (κ1) is 21.5. The van der Waals surface area contributed by atoms with Crippen LogP contribution in [0.1, 0.15) is 34.5 Å². The van der Waals surface area contributed by atoms with Gasteiger partial charge in [0.2, 0.25) is 0 Å². The van der Waals surface area contributed by atoms with Gasteiger partial charge in [0.1, 0.15) is 0 Å². The maximum absolute atomic E-state index is 13.2. The molecule has 1 aromatic heterocycles. The molecule has 0 radical (unpaired) electrons. The molecule has 8 heteroatoms. The van der Waals surface area contributed by atoms with Crippen LogP contribution in [0, 0.1) is 0 Å². The van der Waals surface area contributed by atoms with Crippen molar-refractivity contribution in [1.29, 1.82) is 0 Å². The van der Waals surface area contributed by atoms with E-state index in [4.69, 9.17) is 0 Å². The summed E-state index contributed by atoms with van der Waals surface area (Å²) in [5, 5.41) is 11.0. The highest BCUT2D eigenvalue weighted by Gasteiger charge is 2.32. The number of benzene rings is 2. The van der Waals surface area contributed by atoms with E-state index in [1.54, 1.807) is 36.4 Å². The lowest BCUT2D eigenvalue weighted by Crippen LogP contribution is -2.31. The van der Waals surface area contributed by atoms with E-state index in [-0.39, 0.29) is 17.2 Å². The molecule has 1 aliphatic rings. The van der Waals surface area contributed by atoms with Gasteiger partial charge in [-0.3, -0.25) is 4.79 Å². The molecular formula is C24H21F3N4O. The lowest BCUT2D eigenvalue weighted by Gasteiger charge is -2.29. The molecule has 0 unspecified atom stereocenters. The van der Waals surface area contributed by atoms with Gasteiger partial charge in [0, 0.05) is 18.8 Å². The number of halogens is 3. The van der Waals surface area contributed by atoms with Crippen LogP contribution in [0.3, 0.4) is 0 Å². The molecule has 2 heterocycles. The fourth-order valence-corrected chi connectivity index (χ4v) is 3.60. The van der Waals surface area contributed by atoms with Gasteiger partial charge in [-0.2, -0.15) is 13.2 Å². The van der Waals surface area contributed by atoms with Crippen LogP contribution >= 0.6 is 0 Å². The highest BCUT2D eigenvalue weighted by molar-refractivity contribution is 6.02. The van der Waals surface area contributed by atoms with Crippen molar-refractivity contribution in [2.24, 2.45) is 0 Å². The van der Waals surface area contributed by atoms with E-state index in [9.17, 15) is 18.0 Å². The second-order valence-electron chi connectivity index (χ2n) is 7.47. The molecule has 1 amide bonds. The standard InChI is InChI=1S/C24H21F3N4O/c25-24(26,27)20-9-5-4-6-18(20)16-17-12-14-31(15-13-17)22-11-10-21(29-30-22)23(32)28-19-7-2-1-3-8-19/h1-11,16H,12-15H2,(H,28,32). The number of amides is 1. The molecule has 4 rings (SSSR count). The minimum atomic E-state index is -4.38. The average Bonchev–Trinajstić information content (AvgIpc) is 2.80. The minimum Gasteiger partial charge on any atom is -0.354 e. The van der Waals surface area contributed by atoms with Crippen molar-refractivity contribution in [3.05, 3.63) is 89.1 Å². The van der Waals surface area contributed by atoms with Gasteiger partial charge in [-0.05, 0) is 48.7 Å². The summed E-state index contributed by atoms with van der Waals surface area (Å²) in [4.78, 5) is 14.3. The Bertz CT molecular complexity index is 1100. The second-order valence-corrected chi connectivity index (χ2v) is 7.47. The maximum atomic E-state index is 13.2. The van der Waals surface area contributed by atoms with Gasteiger partial charge in [0.05, 0.1) is 5.56 Å². The zero-order valence-electron chi connectivity index (χ0n) is 17.1. The summed E-state index contributed by atoms with van der Waals surface area (Å²) in [7, 11) is 0. The smallest absolute Gasteiger partial charge is 0.354 e. The molecule has 1 N–H and O–H groups in total. The molecule has 1 fully saturated rings. The number of hydrogen-bond donors (Lipinski definition) is 1. The molecule has 0 atom stereocenters. The Hall–Kier alpha value is -3.68. The fourth-order valence-electron chi connectivity index (χ4n) is 3.60. The van der Waals surface area contributed by atoms with Crippen LogP contribution < -0.4 is 10.2 Å². The van der Waals surface area contributed by atoms with Crippen LogP contribution in [0.4, 0.5) is 24.7 Å². The predicted molar refractivity (Wildman–Crippen MR) is 117 cm³/mol. The third-order valence-electron chi connectivity index (χ3n) is 5.27. The van der Waals surface area contributed by atoms with Crippen molar-refractivity contribution in [2.45, 2.75) is 19.0 Å². The largest absolute Gasteiger partial charge is 0.416 e. The van der Waals surface area contributed by atoms with Gasteiger partial charge < -0.3 is 10.2 Å². The van der Waals surface area contributed by atoms with Crippen molar-refractivity contribution in [3.8, 4) is 0 Å². The van der Waals surface area contributed by atoms with Crippen LogP contribution in [-0.2, 0) is 6.18 Å². The number of hydrogen-bond acceptors (Lipinski definition) is 4. The van der Waals surface area contributed by atoms with Crippen LogP contribution in [0.2, 0.25) is 0 Å². The fraction of sp³-hybridized carbons (Fsp3) is 0.208. The van der Waals surface area contributed by atoms with E-state index in [0.29, 0.717) is 37.4 Å². The van der Waals surface area contributed by atoms with Gasteiger partial charge >= 0.3 is 6.18 Å². The van der Waals surface area contributed by atoms with Gasteiger partial charge in [-0.15, -0.1) is 10.2 Å². The number of carbonyl (C=O) groups is 1. The average molecular weight is 438 g/mol. The quantitative estimate of drug-likeness (QED) is 0.590. The molecule has 0 bridgehead atoms. The molecule has 164 valence electrons. The maximum Gasteiger partial charge on any atom is 0.416 e. The third kappa shape index (κ3) is 5.14. The number of nitrogens with zero attached hydrogens (tertiary/aromatic N) is 3. The molecule has 32 heavy (non-hydrogen) atoms. The zero-order valence-corrected chi connectivity index (χ0v) is 17.1. The lowest BCUT2D eigenvalue weighted by molar-refractivity contribution is -0.137. The summed E-state index contributed by atoms with van der Waals surface area (Å²) in [5.74, 6) is 0.290. The summed E-state index contributed by atoms with van der Waals surface area (Å²) < 4.78 is 39.6. The first-order chi connectivity index (χ1) is 15.4. The van der Waals surface area contributed by atoms with Crippen molar-refractivity contribution < 1.29 is 18.0 Å². The van der Waals surface area contributed by atoms with Crippen molar-refractivity contribution in [2.75, 3.05) is 23.3 Å². The Morgan fingerprint density at radius 3 is 2.25 bits per heavy atom. The number of alkyl halides is 3. The number of carbonyl (C=O) groups excluding carboxylic acids is 1. The Labute approximate surface area is 183 Å². The molecule has 0 saturated carbocycles. The Kier molecular flexibility index (Phi) is 6.20. The second kappa shape index (κ2) is 9.21. The van der Waals surface area contributed by atoms with E-state index >= 15 is 0 Å². The first-order valence-corrected chi connectivity index (χ1v) is 10.2. The third-order valence-corrected chi connectivity index (χ3v) is 5.27. The van der Waals surface area contributed by atoms with Crippen LogP contribution in [0.15, 0.2) is 72.3 Å². The Morgan fingerprint density at radius 2 is 1.59 bits per heavy atom. The highest BCUT2D eigenvalue weighted by Crippen LogP contribution is 2.33. The van der Waals surface area contributed by atoms with E-state index < -0.39 is 11.7 Å². The van der Waals surface area contributed by atoms with Crippen molar-refractivity contribution >= 4 is 23.5 Å². The lowest BCUT2D eigenvalue weighted by atomic mass is 9.98. The summed E-state index contributed by atoms with van der Waals surface area (Å²) in [6.45, 7) is 1.23. The normalized spacial score (nSPS) is 14.2. The number of para-hydroxylation sites is 1. The van der Waals surface area contributed by atoms with Crippen LogP contribution in [0.25, 0.3) is 6.08 Å². The number of piperidine rings is 1. The number of rotatable bonds is 4. The van der Waals surface area contributed by atoms with Gasteiger partial charge in [-0.25, -0.2) is 0 Å². The highest BCUT2D eigenvalue weighted by atomic mass is 19.4. The van der Waals surface area contributed by atoms with Gasteiger partial charge in [0.15, 0.2) is 11.5 Å². The molecule has 5 nitrogen and oxygen atoms in total. The zero-order chi connectivity index (χ0) is 22.6. The van der Waals surface area contributed by atoms with Gasteiger partial charge in [-0.1, -0.05) is 48.0 Å². The van der Waals surface area contributed by atoms with E-state index in [1.807, 2.05) is 23.1 Å². The Balaban J connectivity index is 1.39. The van der Waals surface area contributed by atoms with Crippen molar-refractivity contribution in [1.82, 2.24) is 10.2 Å². The summed E-state index contributed by atoms with van der Waals surface area (Å²) in [6.07, 6.45) is -1.48. The summed E-state index contributed by atoms with van der Waals surface area (Å²) >= 11 is 0. The molecule has 1 aliphatic heterocycles. The number of nitrogens with one attached hydrogen (secondary N) is 1. The molecule has 1 saturated heterocycles. The Morgan fingerprint density at radius 1 is 0.906 bits per heavy atom. The first-order valence-electron chi connectivity index (χ1n) is 10.2. The van der Waals surface area contributed by atoms with Crippen LogP contribution in [-0.4, -0.2) is 29.2 Å². The van der Waals surface area contributed by atoms with Crippen LogP contribution in [0.5, 0.6) is 0 Å². The van der Waals surface area contributed by atoms with E-state index in [2.05, 4.69) is 15.5 Å². The topological polar surface area (TPSA) is 58.1 Å². The number of aromatic nitrogens is 2.